The van der Waals surface area contributed by atoms with Crippen molar-refractivity contribution in [1.29, 1.82) is 0 Å². The molecule has 0 radical (unpaired) electrons. The Kier molecular flexibility index (Phi) is 6.11. The molecule has 1 amide bonds. The van der Waals surface area contributed by atoms with Crippen LogP contribution in [0.1, 0.15) is 56.5 Å². The SMILES string of the molecule is CC(C)(C)OC(=O)[C@H]1C[C@@](C)(CCc2ccccc2)CN1C(=O)c1ccccc1. The molecule has 4 heteroatoms. The predicted molar refractivity (Wildman–Crippen MR) is 115 cm³/mol. The fourth-order valence-corrected chi connectivity index (χ4v) is 3.98. The van der Waals surface area contributed by atoms with E-state index in [0.29, 0.717) is 18.5 Å². The summed E-state index contributed by atoms with van der Waals surface area (Å²) in [6.45, 7) is 8.30. The van der Waals surface area contributed by atoms with E-state index in [0.717, 1.165) is 12.8 Å². The highest BCUT2D eigenvalue weighted by atomic mass is 16.6. The molecule has 0 unspecified atom stereocenters. The molecule has 1 fully saturated rings. The number of hydrogen-bond acceptors (Lipinski definition) is 3. The molecule has 0 spiro atoms. The van der Waals surface area contributed by atoms with Gasteiger partial charge in [-0.3, -0.25) is 4.79 Å². The average molecular weight is 394 g/mol. The lowest BCUT2D eigenvalue weighted by Gasteiger charge is -2.27. The van der Waals surface area contributed by atoms with Crippen molar-refractivity contribution in [3.63, 3.8) is 0 Å². The van der Waals surface area contributed by atoms with Crippen molar-refractivity contribution >= 4 is 11.9 Å². The molecule has 154 valence electrons. The smallest absolute Gasteiger partial charge is 0.329 e. The van der Waals surface area contributed by atoms with Crippen LogP contribution in [-0.2, 0) is 16.0 Å². The maximum atomic E-state index is 13.2. The molecule has 1 heterocycles. The third-order valence-corrected chi connectivity index (χ3v) is 5.43. The second kappa shape index (κ2) is 8.40. The van der Waals surface area contributed by atoms with Crippen LogP contribution in [0.2, 0.25) is 0 Å². The molecule has 2 aromatic carbocycles. The number of carbonyl (C=O) groups is 2. The summed E-state index contributed by atoms with van der Waals surface area (Å²) < 4.78 is 5.66. The van der Waals surface area contributed by atoms with Crippen LogP contribution in [0.4, 0.5) is 0 Å². The molecular weight excluding hydrogens is 362 g/mol. The topological polar surface area (TPSA) is 46.6 Å². The number of aryl methyl sites for hydroxylation is 1. The largest absolute Gasteiger partial charge is 0.458 e. The first kappa shape index (κ1) is 21.1. The van der Waals surface area contributed by atoms with Gasteiger partial charge in [-0.15, -0.1) is 0 Å². The van der Waals surface area contributed by atoms with Gasteiger partial charge in [0.05, 0.1) is 0 Å². The van der Waals surface area contributed by atoms with Gasteiger partial charge in [-0.2, -0.15) is 0 Å². The van der Waals surface area contributed by atoms with Crippen molar-refractivity contribution in [2.45, 2.75) is 58.6 Å². The lowest BCUT2D eigenvalue weighted by atomic mass is 9.82. The first-order valence-electron chi connectivity index (χ1n) is 10.3. The Morgan fingerprint density at radius 1 is 1.03 bits per heavy atom. The molecule has 0 aromatic heterocycles. The van der Waals surface area contributed by atoms with E-state index >= 15 is 0 Å². The van der Waals surface area contributed by atoms with Crippen molar-refractivity contribution in [2.75, 3.05) is 6.54 Å². The fraction of sp³-hybridized carbons (Fsp3) is 0.440. The summed E-state index contributed by atoms with van der Waals surface area (Å²) >= 11 is 0. The maximum Gasteiger partial charge on any atom is 0.329 e. The van der Waals surface area contributed by atoms with E-state index in [1.165, 1.54) is 5.56 Å². The zero-order valence-corrected chi connectivity index (χ0v) is 17.9. The lowest BCUT2D eigenvalue weighted by molar-refractivity contribution is -0.159. The van der Waals surface area contributed by atoms with Crippen LogP contribution in [0.15, 0.2) is 60.7 Å². The molecule has 3 rings (SSSR count). The molecule has 1 aliphatic heterocycles. The van der Waals surface area contributed by atoms with Crippen LogP contribution in [0.3, 0.4) is 0 Å². The second-order valence-corrected chi connectivity index (χ2v) is 9.35. The van der Waals surface area contributed by atoms with Crippen molar-refractivity contribution in [2.24, 2.45) is 5.41 Å². The maximum absolute atomic E-state index is 13.2. The number of likely N-dealkylation sites (tertiary alicyclic amines) is 1. The van der Waals surface area contributed by atoms with Gasteiger partial charge < -0.3 is 9.64 Å². The van der Waals surface area contributed by atoms with E-state index in [-0.39, 0.29) is 17.3 Å². The van der Waals surface area contributed by atoms with Gasteiger partial charge in [0, 0.05) is 12.1 Å². The molecule has 2 aromatic rings. The van der Waals surface area contributed by atoms with Crippen LogP contribution in [0, 0.1) is 5.41 Å². The summed E-state index contributed by atoms with van der Waals surface area (Å²) in [5.41, 5.74) is 1.16. The van der Waals surface area contributed by atoms with Gasteiger partial charge in [-0.05, 0) is 63.1 Å². The Morgan fingerprint density at radius 3 is 2.21 bits per heavy atom. The average Bonchev–Trinajstić information content (AvgIpc) is 3.04. The van der Waals surface area contributed by atoms with E-state index in [1.54, 1.807) is 17.0 Å². The number of rotatable bonds is 5. The van der Waals surface area contributed by atoms with Crippen LogP contribution in [0.5, 0.6) is 0 Å². The van der Waals surface area contributed by atoms with Crippen LogP contribution in [0.25, 0.3) is 0 Å². The van der Waals surface area contributed by atoms with Gasteiger partial charge >= 0.3 is 5.97 Å². The Labute approximate surface area is 173 Å². The predicted octanol–water partition coefficient (Wildman–Crippen LogP) is 4.88. The van der Waals surface area contributed by atoms with E-state index in [1.807, 2.05) is 57.2 Å². The van der Waals surface area contributed by atoms with Gasteiger partial charge in [0.2, 0.25) is 0 Å². The van der Waals surface area contributed by atoms with E-state index in [4.69, 9.17) is 4.74 Å². The highest BCUT2D eigenvalue weighted by Crippen LogP contribution is 2.40. The van der Waals surface area contributed by atoms with Crippen LogP contribution in [-0.4, -0.2) is 35.0 Å². The zero-order valence-electron chi connectivity index (χ0n) is 17.9. The summed E-state index contributed by atoms with van der Waals surface area (Å²) in [5, 5.41) is 0. The summed E-state index contributed by atoms with van der Waals surface area (Å²) in [4.78, 5) is 27.9. The summed E-state index contributed by atoms with van der Waals surface area (Å²) in [6, 6.07) is 19.0. The minimum Gasteiger partial charge on any atom is -0.458 e. The summed E-state index contributed by atoms with van der Waals surface area (Å²) in [5.74, 6) is -0.421. The Bertz CT molecular complexity index is 841. The molecule has 1 aliphatic rings. The first-order chi connectivity index (χ1) is 13.7. The summed E-state index contributed by atoms with van der Waals surface area (Å²) in [6.07, 6.45) is 2.45. The van der Waals surface area contributed by atoms with Crippen LogP contribution < -0.4 is 0 Å². The third-order valence-electron chi connectivity index (χ3n) is 5.43. The number of esters is 1. The molecular formula is C25H31NO3. The molecule has 0 saturated carbocycles. The Balaban J connectivity index is 1.81. The standard InChI is InChI=1S/C25H31NO3/c1-24(2,3)29-23(28)21-17-25(4,16-15-19-11-7-5-8-12-19)18-26(21)22(27)20-13-9-6-10-14-20/h5-14,21H,15-18H2,1-4H3/t21-,25-/m1/s1. The van der Waals surface area contributed by atoms with E-state index < -0.39 is 11.6 Å². The van der Waals surface area contributed by atoms with E-state index in [2.05, 4.69) is 19.1 Å². The van der Waals surface area contributed by atoms with Crippen molar-refractivity contribution < 1.29 is 14.3 Å². The molecule has 29 heavy (non-hydrogen) atoms. The molecule has 0 bridgehead atoms. The number of hydrogen-bond donors (Lipinski definition) is 0. The Hall–Kier alpha value is -2.62. The molecule has 2 atom stereocenters. The van der Waals surface area contributed by atoms with Crippen LogP contribution >= 0.6 is 0 Å². The van der Waals surface area contributed by atoms with Crippen molar-refractivity contribution in [1.82, 2.24) is 4.90 Å². The summed E-state index contributed by atoms with van der Waals surface area (Å²) in [7, 11) is 0. The Morgan fingerprint density at radius 2 is 1.62 bits per heavy atom. The number of carbonyl (C=O) groups excluding carboxylic acids is 2. The minimum atomic E-state index is -0.582. The van der Waals surface area contributed by atoms with Gasteiger partial charge in [0.25, 0.3) is 5.91 Å². The number of amides is 1. The molecule has 1 saturated heterocycles. The van der Waals surface area contributed by atoms with Gasteiger partial charge in [-0.1, -0.05) is 55.5 Å². The van der Waals surface area contributed by atoms with Crippen molar-refractivity contribution in [3.8, 4) is 0 Å². The van der Waals surface area contributed by atoms with Gasteiger partial charge in [0.1, 0.15) is 11.6 Å². The minimum absolute atomic E-state index is 0.107. The quantitative estimate of drug-likeness (QED) is 0.680. The van der Waals surface area contributed by atoms with Gasteiger partial charge in [0.15, 0.2) is 0 Å². The molecule has 0 aliphatic carbocycles. The monoisotopic (exact) mass is 393 g/mol. The third kappa shape index (κ3) is 5.47. The first-order valence-corrected chi connectivity index (χ1v) is 10.3. The molecule has 0 N–H and O–H groups in total. The highest BCUT2D eigenvalue weighted by Gasteiger charge is 2.47. The fourth-order valence-electron chi connectivity index (χ4n) is 3.98. The lowest BCUT2D eigenvalue weighted by Crippen LogP contribution is -2.43. The molecule has 4 nitrogen and oxygen atoms in total. The number of ether oxygens (including phenoxy) is 1. The normalized spacial score (nSPS) is 21.8. The zero-order chi connectivity index (χ0) is 21.1. The van der Waals surface area contributed by atoms with Gasteiger partial charge in [-0.25, -0.2) is 4.79 Å². The number of nitrogens with zero attached hydrogens (tertiary/aromatic N) is 1. The second-order valence-electron chi connectivity index (χ2n) is 9.35. The van der Waals surface area contributed by atoms with E-state index in [9.17, 15) is 9.59 Å². The highest BCUT2D eigenvalue weighted by molar-refractivity contribution is 5.97. The van der Waals surface area contributed by atoms with Crippen molar-refractivity contribution in [3.05, 3.63) is 71.8 Å². The number of benzene rings is 2.